The van der Waals surface area contributed by atoms with Crippen LogP contribution in [-0.2, 0) is 0 Å². The molecule has 1 fully saturated rings. The largest absolute Gasteiger partial charge is 0.240 e. The van der Waals surface area contributed by atoms with Crippen molar-refractivity contribution in [2.75, 3.05) is 0 Å². The normalized spacial score (nSPS) is 16.8. The SMILES string of the molecule is C=C(Cl)c1nc(C2CC2)cs1. The number of halogens is 1. The van der Waals surface area contributed by atoms with E-state index in [1.54, 1.807) is 11.3 Å². The van der Waals surface area contributed by atoms with Crippen LogP contribution in [0.15, 0.2) is 12.0 Å². The molecule has 0 unspecified atom stereocenters. The molecule has 0 aromatic carbocycles. The third kappa shape index (κ3) is 1.47. The Morgan fingerprint density at radius 1 is 1.73 bits per heavy atom. The second-order valence-electron chi connectivity index (χ2n) is 2.76. The van der Waals surface area contributed by atoms with Crippen molar-refractivity contribution in [3.05, 3.63) is 22.7 Å². The van der Waals surface area contributed by atoms with Crippen LogP contribution in [0.5, 0.6) is 0 Å². The van der Waals surface area contributed by atoms with Gasteiger partial charge in [0.05, 0.1) is 10.7 Å². The van der Waals surface area contributed by atoms with E-state index in [0.29, 0.717) is 5.03 Å². The third-order valence-electron chi connectivity index (χ3n) is 1.75. The van der Waals surface area contributed by atoms with Gasteiger partial charge in [-0.25, -0.2) is 4.98 Å². The van der Waals surface area contributed by atoms with E-state index in [0.717, 1.165) is 10.9 Å². The van der Waals surface area contributed by atoms with Gasteiger partial charge in [-0.3, -0.25) is 0 Å². The summed E-state index contributed by atoms with van der Waals surface area (Å²) in [5, 5.41) is 3.51. The summed E-state index contributed by atoms with van der Waals surface area (Å²) in [6.07, 6.45) is 2.58. The number of hydrogen-bond donors (Lipinski definition) is 0. The average molecular weight is 186 g/mol. The van der Waals surface area contributed by atoms with Gasteiger partial charge in [-0.2, -0.15) is 0 Å². The topological polar surface area (TPSA) is 12.9 Å². The maximum atomic E-state index is 5.70. The van der Waals surface area contributed by atoms with Crippen LogP contribution in [0.3, 0.4) is 0 Å². The maximum absolute atomic E-state index is 5.70. The number of nitrogens with zero attached hydrogens (tertiary/aromatic N) is 1. The molecule has 0 N–H and O–H groups in total. The highest BCUT2D eigenvalue weighted by Gasteiger charge is 2.26. The van der Waals surface area contributed by atoms with E-state index in [1.807, 2.05) is 0 Å². The summed E-state index contributed by atoms with van der Waals surface area (Å²) in [4.78, 5) is 4.36. The molecule has 1 aromatic rings. The Bertz CT molecular complexity index is 288. The van der Waals surface area contributed by atoms with Crippen LogP contribution in [0, 0.1) is 0 Å². The predicted octanol–water partition coefficient (Wildman–Crippen LogP) is 3.23. The zero-order valence-electron chi connectivity index (χ0n) is 6.01. The van der Waals surface area contributed by atoms with Crippen LogP contribution >= 0.6 is 22.9 Å². The lowest BCUT2D eigenvalue weighted by Gasteiger charge is -1.87. The van der Waals surface area contributed by atoms with Crippen LogP contribution in [-0.4, -0.2) is 4.98 Å². The smallest absolute Gasteiger partial charge is 0.134 e. The average Bonchev–Trinajstić information content (AvgIpc) is 2.68. The minimum Gasteiger partial charge on any atom is -0.240 e. The summed E-state index contributed by atoms with van der Waals surface area (Å²) in [6.45, 7) is 3.63. The highest BCUT2D eigenvalue weighted by Crippen LogP contribution is 2.40. The van der Waals surface area contributed by atoms with E-state index >= 15 is 0 Å². The molecule has 2 rings (SSSR count). The quantitative estimate of drug-likeness (QED) is 0.690. The van der Waals surface area contributed by atoms with Gasteiger partial charge in [-0.1, -0.05) is 18.2 Å². The summed E-state index contributed by atoms with van der Waals surface area (Å²) in [5.74, 6) is 0.719. The molecular weight excluding hydrogens is 178 g/mol. The highest BCUT2D eigenvalue weighted by molar-refractivity contribution is 7.11. The Hall–Kier alpha value is -0.340. The van der Waals surface area contributed by atoms with Crippen LogP contribution in [0.2, 0.25) is 0 Å². The summed E-state index contributed by atoms with van der Waals surface area (Å²) < 4.78 is 0. The van der Waals surface area contributed by atoms with Crippen molar-refractivity contribution in [2.45, 2.75) is 18.8 Å². The predicted molar refractivity (Wildman–Crippen MR) is 49.0 cm³/mol. The van der Waals surface area contributed by atoms with E-state index in [9.17, 15) is 0 Å². The first kappa shape index (κ1) is 7.32. The summed E-state index contributed by atoms with van der Waals surface area (Å²) >= 11 is 7.28. The molecule has 3 heteroatoms. The van der Waals surface area contributed by atoms with Gasteiger partial charge >= 0.3 is 0 Å². The fraction of sp³-hybridized carbons (Fsp3) is 0.375. The monoisotopic (exact) mass is 185 g/mol. The molecular formula is C8H8ClNS. The molecule has 1 heterocycles. The van der Waals surface area contributed by atoms with Crippen molar-refractivity contribution in [3.8, 4) is 0 Å². The van der Waals surface area contributed by atoms with Crippen molar-refractivity contribution >= 4 is 28.0 Å². The Labute approximate surface area is 74.7 Å². The molecule has 1 aliphatic rings. The molecule has 11 heavy (non-hydrogen) atoms. The summed E-state index contributed by atoms with van der Waals surface area (Å²) in [5.41, 5.74) is 1.20. The van der Waals surface area contributed by atoms with Gasteiger partial charge in [0.25, 0.3) is 0 Å². The molecule has 0 saturated heterocycles. The Kier molecular flexibility index (Phi) is 1.74. The van der Waals surface area contributed by atoms with Gasteiger partial charge in [0.2, 0.25) is 0 Å². The minimum absolute atomic E-state index is 0.557. The molecule has 0 amide bonds. The first-order chi connectivity index (χ1) is 5.27. The first-order valence-corrected chi connectivity index (χ1v) is 4.83. The standard InChI is InChI=1S/C8H8ClNS/c1-5(9)8-10-7(4-11-8)6-2-3-6/h4,6H,1-3H2. The Balaban J connectivity index is 2.25. The Morgan fingerprint density at radius 2 is 2.45 bits per heavy atom. The van der Waals surface area contributed by atoms with E-state index < -0.39 is 0 Å². The van der Waals surface area contributed by atoms with E-state index in [-0.39, 0.29) is 0 Å². The fourth-order valence-corrected chi connectivity index (χ4v) is 1.92. The zero-order chi connectivity index (χ0) is 7.84. The first-order valence-electron chi connectivity index (χ1n) is 3.57. The van der Waals surface area contributed by atoms with Crippen LogP contribution in [0.4, 0.5) is 0 Å². The summed E-state index contributed by atoms with van der Waals surface area (Å²) in [6, 6.07) is 0. The second kappa shape index (κ2) is 2.61. The molecule has 58 valence electrons. The maximum Gasteiger partial charge on any atom is 0.134 e. The van der Waals surface area contributed by atoms with E-state index in [2.05, 4.69) is 16.9 Å². The molecule has 1 nitrogen and oxygen atoms in total. The molecule has 0 bridgehead atoms. The van der Waals surface area contributed by atoms with Crippen LogP contribution < -0.4 is 0 Å². The molecule has 0 spiro atoms. The van der Waals surface area contributed by atoms with Crippen molar-refractivity contribution in [3.63, 3.8) is 0 Å². The minimum atomic E-state index is 0.557. The highest BCUT2D eigenvalue weighted by atomic mass is 35.5. The van der Waals surface area contributed by atoms with Gasteiger partial charge < -0.3 is 0 Å². The van der Waals surface area contributed by atoms with Gasteiger partial charge in [0.1, 0.15) is 5.01 Å². The summed E-state index contributed by atoms with van der Waals surface area (Å²) in [7, 11) is 0. The van der Waals surface area contributed by atoms with Gasteiger partial charge in [-0.05, 0) is 12.8 Å². The number of rotatable bonds is 2. The third-order valence-corrected chi connectivity index (χ3v) is 2.96. The molecule has 0 radical (unpaired) electrons. The second-order valence-corrected chi connectivity index (χ2v) is 4.07. The van der Waals surface area contributed by atoms with E-state index in [1.165, 1.54) is 18.5 Å². The molecule has 1 aliphatic carbocycles. The Morgan fingerprint density at radius 3 is 2.91 bits per heavy atom. The van der Waals surface area contributed by atoms with Gasteiger partial charge in [0, 0.05) is 11.3 Å². The zero-order valence-corrected chi connectivity index (χ0v) is 7.58. The number of thiazole rings is 1. The van der Waals surface area contributed by atoms with Crippen LogP contribution in [0.1, 0.15) is 29.5 Å². The van der Waals surface area contributed by atoms with Crippen molar-refractivity contribution in [1.29, 1.82) is 0 Å². The van der Waals surface area contributed by atoms with Crippen molar-refractivity contribution in [2.24, 2.45) is 0 Å². The molecule has 1 saturated carbocycles. The number of aromatic nitrogens is 1. The van der Waals surface area contributed by atoms with Gasteiger partial charge in [-0.15, -0.1) is 11.3 Å². The van der Waals surface area contributed by atoms with Gasteiger partial charge in [0.15, 0.2) is 0 Å². The molecule has 0 atom stereocenters. The van der Waals surface area contributed by atoms with Crippen LogP contribution in [0.25, 0.3) is 5.03 Å². The fourth-order valence-electron chi connectivity index (χ4n) is 0.977. The van der Waals surface area contributed by atoms with E-state index in [4.69, 9.17) is 11.6 Å². The molecule has 0 aliphatic heterocycles. The van der Waals surface area contributed by atoms with Crippen molar-refractivity contribution < 1.29 is 0 Å². The number of hydrogen-bond acceptors (Lipinski definition) is 2. The lowest BCUT2D eigenvalue weighted by Crippen LogP contribution is -1.78. The lowest BCUT2D eigenvalue weighted by molar-refractivity contribution is 1.05. The van der Waals surface area contributed by atoms with Crippen molar-refractivity contribution in [1.82, 2.24) is 4.98 Å². The molecule has 1 aromatic heterocycles. The lowest BCUT2D eigenvalue weighted by atomic mass is 10.3.